The summed E-state index contributed by atoms with van der Waals surface area (Å²) in [6.45, 7) is 2.47. The Kier molecular flexibility index (Phi) is 5.50. The fourth-order valence-electron chi connectivity index (χ4n) is 3.89. The van der Waals surface area contributed by atoms with Crippen molar-refractivity contribution in [2.45, 2.75) is 25.0 Å². The van der Waals surface area contributed by atoms with E-state index >= 15 is 0 Å². The topological polar surface area (TPSA) is 130 Å². The quantitative estimate of drug-likeness (QED) is 0.449. The normalized spacial score (nSPS) is 18.8. The third kappa shape index (κ3) is 3.99. The molecular weight excluding hydrogens is 434 g/mol. The van der Waals surface area contributed by atoms with Crippen molar-refractivity contribution in [3.63, 3.8) is 0 Å². The first-order valence-corrected chi connectivity index (χ1v) is 10.9. The number of anilines is 1. The lowest BCUT2D eigenvalue weighted by Gasteiger charge is -2.16. The summed E-state index contributed by atoms with van der Waals surface area (Å²) in [4.78, 5) is 31.5. The van der Waals surface area contributed by atoms with Crippen molar-refractivity contribution in [2.75, 3.05) is 18.9 Å². The van der Waals surface area contributed by atoms with Crippen LogP contribution in [0.3, 0.4) is 0 Å². The van der Waals surface area contributed by atoms with Crippen LogP contribution in [0.1, 0.15) is 30.7 Å². The molecule has 2 N–H and O–H groups in total. The van der Waals surface area contributed by atoms with E-state index in [2.05, 4.69) is 30.4 Å². The van der Waals surface area contributed by atoms with E-state index in [0.29, 0.717) is 35.3 Å². The molecular formula is C24H23N7O3. The summed E-state index contributed by atoms with van der Waals surface area (Å²) in [5.41, 5.74) is 1.59. The molecule has 34 heavy (non-hydrogen) atoms. The smallest absolute Gasteiger partial charge is 0.262 e. The van der Waals surface area contributed by atoms with Crippen LogP contribution < -0.4 is 5.32 Å². The van der Waals surface area contributed by atoms with Gasteiger partial charge in [-0.05, 0) is 42.8 Å². The van der Waals surface area contributed by atoms with Gasteiger partial charge in [-0.1, -0.05) is 11.2 Å². The number of rotatable bonds is 6. The number of carbonyl (C=O) groups is 1. The first kappa shape index (κ1) is 21.7. The van der Waals surface area contributed by atoms with Gasteiger partial charge in [0.05, 0.1) is 23.1 Å². The maximum atomic E-state index is 12.4. The van der Waals surface area contributed by atoms with E-state index in [9.17, 15) is 9.90 Å². The van der Waals surface area contributed by atoms with Crippen molar-refractivity contribution in [1.29, 1.82) is 0 Å². The molecule has 0 aliphatic carbocycles. The van der Waals surface area contributed by atoms with Crippen LogP contribution in [0.25, 0.3) is 22.8 Å². The van der Waals surface area contributed by atoms with Crippen LogP contribution in [0.2, 0.25) is 0 Å². The number of nitrogens with zero attached hydrogens (tertiary/aromatic N) is 6. The van der Waals surface area contributed by atoms with Gasteiger partial charge in [0, 0.05) is 44.7 Å². The number of pyridine rings is 2. The second-order valence-electron chi connectivity index (χ2n) is 8.23. The maximum absolute atomic E-state index is 12.4. The molecule has 0 radical (unpaired) electrons. The number of hydrogen-bond donors (Lipinski definition) is 2. The number of amides is 1. The van der Waals surface area contributed by atoms with Crippen molar-refractivity contribution in [2.24, 2.45) is 0 Å². The molecule has 2 unspecified atom stereocenters. The fraction of sp³-hybridized carbons (Fsp3) is 0.250. The average molecular weight is 457 g/mol. The van der Waals surface area contributed by atoms with E-state index < -0.39 is 11.5 Å². The predicted octanol–water partition coefficient (Wildman–Crippen LogP) is 2.81. The van der Waals surface area contributed by atoms with Gasteiger partial charge in [-0.25, -0.2) is 15.0 Å². The van der Waals surface area contributed by atoms with Crippen molar-refractivity contribution in [1.82, 2.24) is 30.0 Å². The summed E-state index contributed by atoms with van der Waals surface area (Å²) >= 11 is 0. The highest BCUT2D eigenvalue weighted by Gasteiger charge is 2.48. The van der Waals surface area contributed by atoms with Crippen molar-refractivity contribution in [3.05, 3.63) is 72.4 Å². The summed E-state index contributed by atoms with van der Waals surface area (Å²) < 4.78 is 5.35. The van der Waals surface area contributed by atoms with Gasteiger partial charge in [0.1, 0.15) is 5.69 Å². The standard InChI is InChI=1S/C24H23N7O3/c1-15(16-6-10-25-11-7-16)27-23-26-12-8-19(29-23)17-4-3-5-18(28-17)20-14-21(34-30-20)24(33)9-13-31(2)22(24)32/h3-8,10-12,14-15,33H,9,13H2,1-2H3,(H,26,27,29). The second kappa shape index (κ2) is 8.64. The van der Waals surface area contributed by atoms with Gasteiger partial charge in [-0.2, -0.15) is 0 Å². The third-order valence-electron chi connectivity index (χ3n) is 5.91. The van der Waals surface area contributed by atoms with Crippen LogP contribution in [0, 0.1) is 0 Å². The molecule has 1 amide bonds. The number of nitrogens with one attached hydrogen (secondary N) is 1. The number of likely N-dealkylation sites (N-methyl/N-ethyl adjacent to an activating group) is 1. The van der Waals surface area contributed by atoms with Crippen LogP contribution in [0.15, 0.2) is 65.6 Å². The van der Waals surface area contributed by atoms with Gasteiger partial charge in [-0.15, -0.1) is 0 Å². The molecule has 4 aromatic heterocycles. The van der Waals surface area contributed by atoms with Crippen molar-refractivity contribution >= 4 is 11.9 Å². The number of hydrogen-bond acceptors (Lipinski definition) is 9. The molecule has 1 aliphatic rings. The Labute approximate surface area is 195 Å². The molecule has 1 fully saturated rings. The van der Waals surface area contributed by atoms with E-state index in [0.717, 1.165) is 5.56 Å². The Morgan fingerprint density at radius 1 is 1.06 bits per heavy atom. The maximum Gasteiger partial charge on any atom is 0.262 e. The monoisotopic (exact) mass is 457 g/mol. The largest absolute Gasteiger partial charge is 0.373 e. The molecule has 0 bridgehead atoms. The molecule has 5 heterocycles. The van der Waals surface area contributed by atoms with E-state index in [4.69, 9.17) is 4.52 Å². The molecule has 10 heteroatoms. The number of aliphatic hydroxyl groups is 1. The van der Waals surface area contributed by atoms with Gasteiger partial charge in [0.15, 0.2) is 5.76 Å². The van der Waals surface area contributed by atoms with Crippen molar-refractivity contribution < 1.29 is 14.4 Å². The zero-order chi connectivity index (χ0) is 23.7. The Hall–Kier alpha value is -4.18. The Morgan fingerprint density at radius 2 is 1.79 bits per heavy atom. The molecule has 0 saturated carbocycles. The van der Waals surface area contributed by atoms with Crippen LogP contribution in [-0.2, 0) is 10.4 Å². The highest BCUT2D eigenvalue weighted by atomic mass is 16.5. The molecule has 1 aliphatic heterocycles. The minimum absolute atomic E-state index is 0.00533. The number of aromatic nitrogens is 5. The van der Waals surface area contributed by atoms with Gasteiger partial charge in [0.2, 0.25) is 11.5 Å². The molecule has 0 aromatic carbocycles. The summed E-state index contributed by atoms with van der Waals surface area (Å²) in [6, 6.07) is 12.7. The Bertz CT molecular complexity index is 1330. The van der Waals surface area contributed by atoms with Crippen LogP contribution in [0.4, 0.5) is 5.95 Å². The van der Waals surface area contributed by atoms with Crippen molar-refractivity contribution in [3.8, 4) is 22.8 Å². The Morgan fingerprint density at radius 3 is 2.53 bits per heavy atom. The summed E-state index contributed by atoms with van der Waals surface area (Å²) in [7, 11) is 1.64. The van der Waals surface area contributed by atoms with E-state index in [1.807, 2.05) is 31.2 Å². The fourth-order valence-corrected chi connectivity index (χ4v) is 3.89. The number of likely N-dealkylation sites (tertiary alicyclic amines) is 1. The lowest BCUT2D eigenvalue weighted by atomic mass is 9.98. The second-order valence-corrected chi connectivity index (χ2v) is 8.23. The predicted molar refractivity (Wildman–Crippen MR) is 123 cm³/mol. The summed E-state index contributed by atoms with van der Waals surface area (Å²) in [5, 5.41) is 18.1. The molecule has 172 valence electrons. The van der Waals surface area contributed by atoms with Gasteiger partial charge in [0.25, 0.3) is 5.91 Å². The average Bonchev–Trinajstić information content (AvgIpc) is 3.47. The van der Waals surface area contributed by atoms with Gasteiger partial charge < -0.3 is 19.8 Å². The highest BCUT2D eigenvalue weighted by Crippen LogP contribution is 2.34. The van der Waals surface area contributed by atoms with Crippen LogP contribution in [0.5, 0.6) is 0 Å². The van der Waals surface area contributed by atoms with E-state index in [1.165, 1.54) is 4.90 Å². The van der Waals surface area contributed by atoms with Crippen LogP contribution >= 0.6 is 0 Å². The molecule has 1 saturated heterocycles. The summed E-state index contributed by atoms with van der Waals surface area (Å²) in [5.74, 6) is 0.186. The molecule has 5 rings (SSSR count). The first-order chi connectivity index (χ1) is 16.4. The van der Waals surface area contributed by atoms with E-state index in [-0.39, 0.29) is 18.2 Å². The molecule has 4 aromatic rings. The molecule has 2 atom stereocenters. The third-order valence-corrected chi connectivity index (χ3v) is 5.91. The van der Waals surface area contributed by atoms with E-state index in [1.54, 1.807) is 43.8 Å². The minimum Gasteiger partial charge on any atom is -0.373 e. The van der Waals surface area contributed by atoms with Gasteiger partial charge in [-0.3, -0.25) is 9.78 Å². The molecule has 10 nitrogen and oxygen atoms in total. The Balaban J connectivity index is 1.39. The van der Waals surface area contributed by atoms with Gasteiger partial charge >= 0.3 is 0 Å². The zero-order valence-electron chi connectivity index (χ0n) is 18.7. The lowest BCUT2D eigenvalue weighted by molar-refractivity contribution is -0.144. The minimum atomic E-state index is -1.70. The SMILES string of the molecule is CC(Nc1nccc(-c2cccc(-c3cc(C4(O)CCN(C)C4=O)on3)n2)n1)c1ccncc1. The number of carbonyl (C=O) groups excluding carboxylic acids is 1. The summed E-state index contributed by atoms with van der Waals surface area (Å²) in [6.07, 6.45) is 5.41. The van der Waals surface area contributed by atoms with Crippen LogP contribution in [-0.4, -0.2) is 54.6 Å². The first-order valence-electron chi connectivity index (χ1n) is 10.9. The zero-order valence-corrected chi connectivity index (χ0v) is 18.7. The highest BCUT2D eigenvalue weighted by molar-refractivity contribution is 5.87. The molecule has 0 spiro atoms. The lowest BCUT2D eigenvalue weighted by Crippen LogP contribution is -2.35.